The van der Waals surface area contributed by atoms with E-state index in [0.29, 0.717) is 19.1 Å². The number of ether oxygens (including phenoxy) is 1. The van der Waals surface area contributed by atoms with E-state index < -0.39 is 11.5 Å². The summed E-state index contributed by atoms with van der Waals surface area (Å²) >= 11 is 0. The minimum absolute atomic E-state index is 0.385. The van der Waals surface area contributed by atoms with Crippen molar-refractivity contribution in [1.29, 1.82) is 0 Å². The third kappa shape index (κ3) is 4.24. The first-order chi connectivity index (χ1) is 9.10. The first-order valence-electron chi connectivity index (χ1n) is 6.79. The Morgan fingerprint density at radius 3 is 2.68 bits per heavy atom. The number of para-hydroxylation sites is 1. The van der Waals surface area contributed by atoms with Crippen molar-refractivity contribution in [3.8, 4) is 5.75 Å². The smallest absolute Gasteiger partial charge is 0.323 e. The standard InChI is InChI=1S/C15H21NO3/c1-15(14(17)18,16-12-8-9-12)10-5-11-19-13-6-3-2-4-7-13/h2-4,6-7,12,16H,5,8-11H2,1H3,(H,17,18). The fourth-order valence-electron chi connectivity index (χ4n) is 2.05. The molecule has 0 heterocycles. The summed E-state index contributed by atoms with van der Waals surface area (Å²) in [6.07, 6.45) is 3.47. The molecule has 1 aromatic rings. The number of benzene rings is 1. The first kappa shape index (κ1) is 13.9. The second kappa shape index (κ2) is 6.06. The van der Waals surface area contributed by atoms with Gasteiger partial charge in [0.15, 0.2) is 0 Å². The Labute approximate surface area is 113 Å². The van der Waals surface area contributed by atoms with Gasteiger partial charge in [-0.25, -0.2) is 0 Å². The minimum Gasteiger partial charge on any atom is -0.494 e. The molecule has 1 unspecified atom stereocenters. The van der Waals surface area contributed by atoms with Gasteiger partial charge in [0.2, 0.25) is 0 Å². The number of carbonyl (C=O) groups is 1. The van der Waals surface area contributed by atoms with Crippen LogP contribution in [-0.4, -0.2) is 29.3 Å². The van der Waals surface area contributed by atoms with Gasteiger partial charge in [-0.05, 0) is 44.7 Å². The molecule has 19 heavy (non-hydrogen) atoms. The molecule has 2 rings (SSSR count). The predicted molar refractivity (Wildman–Crippen MR) is 73.4 cm³/mol. The van der Waals surface area contributed by atoms with E-state index in [-0.39, 0.29) is 0 Å². The van der Waals surface area contributed by atoms with Crippen molar-refractivity contribution < 1.29 is 14.6 Å². The maximum Gasteiger partial charge on any atom is 0.323 e. The normalized spacial score (nSPS) is 17.7. The number of carboxylic acids is 1. The van der Waals surface area contributed by atoms with Crippen LogP contribution < -0.4 is 10.1 Å². The summed E-state index contributed by atoms with van der Waals surface area (Å²) in [6, 6.07) is 9.97. The second-order valence-corrected chi connectivity index (χ2v) is 5.32. The molecule has 1 aromatic carbocycles. The van der Waals surface area contributed by atoms with Gasteiger partial charge in [-0.1, -0.05) is 18.2 Å². The summed E-state index contributed by atoms with van der Waals surface area (Å²) in [5.41, 5.74) is -0.832. The molecule has 0 bridgehead atoms. The quantitative estimate of drug-likeness (QED) is 0.707. The summed E-state index contributed by atoms with van der Waals surface area (Å²) in [7, 11) is 0. The topological polar surface area (TPSA) is 58.6 Å². The summed E-state index contributed by atoms with van der Waals surface area (Å²) < 4.78 is 5.58. The lowest BCUT2D eigenvalue weighted by atomic mass is 9.96. The van der Waals surface area contributed by atoms with Crippen LogP contribution in [0.4, 0.5) is 0 Å². The Hall–Kier alpha value is -1.55. The van der Waals surface area contributed by atoms with E-state index >= 15 is 0 Å². The lowest BCUT2D eigenvalue weighted by molar-refractivity contribution is -0.144. The van der Waals surface area contributed by atoms with E-state index in [1.54, 1.807) is 6.92 Å². The van der Waals surface area contributed by atoms with E-state index in [1.165, 1.54) is 0 Å². The molecular formula is C15H21NO3. The predicted octanol–water partition coefficient (Wildman–Crippen LogP) is 2.44. The molecule has 1 saturated carbocycles. The van der Waals surface area contributed by atoms with Crippen molar-refractivity contribution in [2.75, 3.05) is 6.61 Å². The molecule has 4 nitrogen and oxygen atoms in total. The summed E-state index contributed by atoms with van der Waals surface area (Å²) in [4.78, 5) is 11.3. The zero-order valence-electron chi connectivity index (χ0n) is 11.3. The van der Waals surface area contributed by atoms with E-state index in [2.05, 4.69) is 5.32 Å². The van der Waals surface area contributed by atoms with Gasteiger partial charge >= 0.3 is 5.97 Å². The molecule has 0 spiro atoms. The summed E-state index contributed by atoms with van der Waals surface area (Å²) in [5.74, 6) is 0.0498. The van der Waals surface area contributed by atoms with Gasteiger partial charge in [-0.3, -0.25) is 10.1 Å². The van der Waals surface area contributed by atoms with Crippen LogP contribution in [0.5, 0.6) is 5.75 Å². The molecular weight excluding hydrogens is 242 g/mol. The van der Waals surface area contributed by atoms with Crippen LogP contribution in [0.2, 0.25) is 0 Å². The maximum absolute atomic E-state index is 11.3. The maximum atomic E-state index is 11.3. The highest BCUT2D eigenvalue weighted by atomic mass is 16.5. The van der Waals surface area contributed by atoms with Gasteiger partial charge in [0.05, 0.1) is 6.61 Å². The van der Waals surface area contributed by atoms with Crippen LogP contribution in [0.25, 0.3) is 0 Å². The highest BCUT2D eigenvalue weighted by Gasteiger charge is 2.37. The molecule has 4 heteroatoms. The van der Waals surface area contributed by atoms with Crippen molar-refractivity contribution in [1.82, 2.24) is 5.32 Å². The van der Waals surface area contributed by atoms with Crippen molar-refractivity contribution >= 4 is 5.97 Å². The largest absolute Gasteiger partial charge is 0.494 e. The molecule has 0 aliphatic heterocycles. The zero-order chi connectivity index (χ0) is 13.7. The minimum atomic E-state index is -0.832. The molecule has 1 fully saturated rings. The fraction of sp³-hybridized carbons (Fsp3) is 0.533. The highest BCUT2D eigenvalue weighted by Crippen LogP contribution is 2.25. The Kier molecular flexibility index (Phi) is 4.43. The zero-order valence-corrected chi connectivity index (χ0v) is 11.3. The molecule has 2 N–H and O–H groups in total. The number of carboxylic acid groups (broad SMARTS) is 1. The van der Waals surface area contributed by atoms with E-state index in [9.17, 15) is 9.90 Å². The Morgan fingerprint density at radius 1 is 1.42 bits per heavy atom. The molecule has 1 aliphatic rings. The third-order valence-corrected chi connectivity index (χ3v) is 3.41. The average Bonchev–Trinajstić information content (AvgIpc) is 3.19. The number of aliphatic carboxylic acids is 1. The van der Waals surface area contributed by atoms with Crippen LogP contribution >= 0.6 is 0 Å². The second-order valence-electron chi connectivity index (χ2n) is 5.32. The van der Waals surface area contributed by atoms with E-state index in [0.717, 1.165) is 25.0 Å². The Morgan fingerprint density at radius 2 is 2.11 bits per heavy atom. The summed E-state index contributed by atoms with van der Waals surface area (Å²) in [6.45, 7) is 2.30. The van der Waals surface area contributed by atoms with Crippen molar-refractivity contribution in [2.45, 2.75) is 44.2 Å². The van der Waals surface area contributed by atoms with Crippen LogP contribution in [0, 0.1) is 0 Å². The fourth-order valence-corrected chi connectivity index (χ4v) is 2.05. The van der Waals surface area contributed by atoms with Crippen LogP contribution in [-0.2, 0) is 4.79 Å². The lowest BCUT2D eigenvalue weighted by Gasteiger charge is -2.26. The molecule has 1 atom stereocenters. The van der Waals surface area contributed by atoms with Gasteiger partial charge < -0.3 is 9.84 Å². The lowest BCUT2D eigenvalue weighted by Crippen LogP contribution is -2.50. The van der Waals surface area contributed by atoms with Gasteiger partial charge in [0.25, 0.3) is 0 Å². The van der Waals surface area contributed by atoms with Gasteiger partial charge in [-0.15, -0.1) is 0 Å². The number of hydrogen-bond donors (Lipinski definition) is 2. The van der Waals surface area contributed by atoms with Crippen LogP contribution in [0.3, 0.4) is 0 Å². The highest BCUT2D eigenvalue weighted by molar-refractivity contribution is 5.78. The van der Waals surface area contributed by atoms with Crippen LogP contribution in [0.1, 0.15) is 32.6 Å². The van der Waals surface area contributed by atoms with Gasteiger partial charge in [0.1, 0.15) is 11.3 Å². The SMILES string of the molecule is CC(CCCOc1ccccc1)(NC1CC1)C(=O)O. The van der Waals surface area contributed by atoms with Crippen molar-refractivity contribution in [3.05, 3.63) is 30.3 Å². The molecule has 104 valence electrons. The number of rotatable bonds is 8. The molecule has 0 aromatic heterocycles. The number of nitrogens with one attached hydrogen (secondary N) is 1. The Balaban J connectivity index is 1.74. The van der Waals surface area contributed by atoms with Crippen LogP contribution in [0.15, 0.2) is 30.3 Å². The number of hydrogen-bond acceptors (Lipinski definition) is 3. The molecule has 1 aliphatic carbocycles. The van der Waals surface area contributed by atoms with Gasteiger partial charge in [0, 0.05) is 6.04 Å². The van der Waals surface area contributed by atoms with Gasteiger partial charge in [-0.2, -0.15) is 0 Å². The monoisotopic (exact) mass is 263 g/mol. The molecule has 0 radical (unpaired) electrons. The van der Waals surface area contributed by atoms with Crippen molar-refractivity contribution in [2.24, 2.45) is 0 Å². The average molecular weight is 263 g/mol. The molecule has 0 amide bonds. The van der Waals surface area contributed by atoms with E-state index in [1.807, 2.05) is 30.3 Å². The van der Waals surface area contributed by atoms with Crippen molar-refractivity contribution in [3.63, 3.8) is 0 Å². The first-order valence-corrected chi connectivity index (χ1v) is 6.79. The third-order valence-electron chi connectivity index (χ3n) is 3.41. The summed E-state index contributed by atoms with van der Waals surface area (Å²) in [5, 5.41) is 12.5. The van der Waals surface area contributed by atoms with E-state index in [4.69, 9.17) is 4.74 Å². The molecule has 0 saturated heterocycles. The Bertz CT molecular complexity index is 417.